The molecule has 0 bridgehead atoms. The summed E-state index contributed by atoms with van der Waals surface area (Å²) in [6.45, 7) is 1.35. The Hall–Kier alpha value is -4.53. The third-order valence-electron chi connectivity index (χ3n) is 6.40. The third kappa shape index (κ3) is 4.31. The van der Waals surface area contributed by atoms with Crippen molar-refractivity contribution < 1.29 is 24.1 Å². The number of phenols is 1. The summed E-state index contributed by atoms with van der Waals surface area (Å²) in [4.78, 5) is 26.6. The molecule has 1 fully saturated rings. The molecular formula is C27H24N4O5. The molecule has 2 aliphatic heterocycles. The van der Waals surface area contributed by atoms with E-state index in [4.69, 9.17) is 14.2 Å². The topological polar surface area (TPSA) is 110 Å². The molecule has 0 saturated carbocycles. The first-order chi connectivity index (χ1) is 17.6. The van der Waals surface area contributed by atoms with E-state index in [1.807, 2.05) is 24.4 Å². The number of rotatable bonds is 5. The van der Waals surface area contributed by atoms with Crippen molar-refractivity contribution >= 4 is 23.0 Å². The van der Waals surface area contributed by atoms with Crippen molar-refractivity contribution in [1.29, 1.82) is 0 Å². The predicted molar refractivity (Wildman–Crippen MR) is 133 cm³/mol. The number of carbonyl (C=O) groups is 1. The Morgan fingerprint density at radius 3 is 2.89 bits per heavy atom. The van der Waals surface area contributed by atoms with E-state index >= 15 is 0 Å². The van der Waals surface area contributed by atoms with E-state index < -0.39 is 0 Å². The molecule has 182 valence electrons. The number of phenolic OH excluding ortho intramolecular Hbond substituents is 1. The van der Waals surface area contributed by atoms with Crippen LogP contribution >= 0.6 is 0 Å². The molecule has 0 radical (unpaired) electrons. The van der Waals surface area contributed by atoms with Crippen LogP contribution in [0.3, 0.4) is 0 Å². The second kappa shape index (κ2) is 9.26. The summed E-state index contributed by atoms with van der Waals surface area (Å²) in [5.74, 6) is 2.01. The lowest BCUT2D eigenvalue weighted by atomic mass is 10.1. The number of fused-ring (bicyclic) bond motifs is 2. The van der Waals surface area contributed by atoms with Crippen LogP contribution in [0.25, 0.3) is 28.2 Å². The Bertz CT molecular complexity index is 1450. The molecule has 9 nitrogen and oxygen atoms in total. The molecule has 1 amide bonds. The lowest BCUT2D eigenvalue weighted by Crippen LogP contribution is -2.43. The zero-order chi connectivity index (χ0) is 24.5. The molecule has 1 atom stereocenters. The minimum absolute atomic E-state index is 0.0769. The van der Waals surface area contributed by atoms with Gasteiger partial charge >= 0.3 is 0 Å². The fourth-order valence-electron chi connectivity index (χ4n) is 4.57. The van der Waals surface area contributed by atoms with Crippen LogP contribution in [0.5, 0.6) is 23.1 Å². The number of aromatic amines is 1. The van der Waals surface area contributed by atoms with Crippen LogP contribution in [0.15, 0.2) is 61.1 Å². The van der Waals surface area contributed by atoms with Crippen LogP contribution in [0.1, 0.15) is 18.4 Å². The molecular weight excluding hydrogens is 460 g/mol. The first-order valence-corrected chi connectivity index (χ1v) is 11.8. The zero-order valence-corrected chi connectivity index (χ0v) is 19.4. The normalized spacial score (nSPS) is 17.1. The molecule has 2 N–H and O–H groups in total. The van der Waals surface area contributed by atoms with Gasteiger partial charge < -0.3 is 29.2 Å². The molecule has 0 spiro atoms. The first kappa shape index (κ1) is 22.0. The van der Waals surface area contributed by atoms with Gasteiger partial charge in [0.2, 0.25) is 18.6 Å². The maximum atomic E-state index is 12.8. The highest BCUT2D eigenvalue weighted by Gasteiger charge is 2.26. The quantitative estimate of drug-likeness (QED) is 0.410. The van der Waals surface area contributed by atoms with Gasteiger partial charge in [0.15, 0.2) is 11.5 Å². The van der Waals surface area contributed by atoms with Gasteiger partial charge in [0, 0.05) is 24.4 Å². The van der Waals surface area contributed by atoms with Gasteiger partial charge in [-0.1, -0.05) is 18.2 Å². The Morgan fingerprint density at radius 2 is 2.00 bits per heavy atom. The molecule has 2 aromatic heterocycles. The van der Waals surface area contributed by atoms with Crippen LogP contribution in [0.4, 0.5) is 0 Å². The van der Waals surface area contributed by atoms with Crippen molar-refractivity contribution in [3.63, 3.8) is 0 Å². The fraction of sp³-hybridized carbons (Fsp3) is 0.222. The maximum absolute atomic E-state index is 12.8. The number of nitrogens with one attached hydrogen (secondary N) is 1. The van der Waals surface area contributed by atoms with Crippen molar-refractivity contribution in [1.82, 2.24) is 19.9 Å². The fourth-order valence-corrected chi connectivity index (χ4v) is 4.57. The summed E-state index contributed by atoms with van der Waals surface area (Å²) < 4.78 is 17.3. The molecule has 4 heterocycles. The van der Waals surface area contributed by atoms with Gasteiger partial charge in [0.05, 0.1) is 11.9 Å². The Morgan fingerprint density at radius 1 is 1.14 bits per heavy atom. The van der Waals surface area contributed by atoms with Crippen LogP contribution in [0.2, 0.25) is 0 Å². The van der Waals surface area contributed by atoms with Gasteiger partial charge in [0.1, 0.15) is 23.8 Å². The van der Waals surface area contributed by atoms with Gasteiger partial charge in [-0.3, -0.25) is 4.79 Å². The highest BCUT2D eigenvalue weighted by atomic mass is 16.7. The summed E-state index contributed by atoms with van der Waals surface area (Å²) in [5.41, 5.74) is 3.36. The van der Waals surface area contributed by atoms with Crippen molar-refractivity contribution in [2.75, 3.05) is 19.9 Å². The van der Waals surface area contributed by atoms with Crippen molar-refractivity contribution in [3.05, 3.63) is 66.6 Å². The monoisotopic (exact) mass is 484 g/mol. The molecule has 6 rings (SSSR count). The second-order valence-electron chi connectivity index (χ2n) is 8.76. The summed E-state index contributed by atoms with van der Waals surface area (Å²) in [6, 6.07) is 12.5. The second-order valence-corrected chi connectivity index (χ2v) is 8.76. The Labute approximate surface area is 207 Å². The van der Waals surface area contributed by atoms with E-state index in [1.54, 1.807) is 41.3 Å². The molecule has 4 aromatic rings. The van der Waals surface area contributed by atoms with E-state index in [2.05, 4.69) is 15.0 Å². The van der Waals surface area contributed by atoms with Gasteiger partial charge in [-0.15, -0.1) is 0 Å². The summed E-state index contributed by atoms with van der Waals surface area (Å²) in [5, 5.41) is 10.2. The number of carbonyl (C=O) groups excluding carboxylic acids is 1. The number of ether oxygens (including phenoxy) is 3. The number of benzene rings is 2. The van der Waals surface area contributed by atoms with E-state index in [0.29, 0.717) is 30.4 Å². The third-order valence-corrected chi connectivity index (χ3v) is 6.40. The number of hydrogen-bond acceptors (Lipinski definition) is 7. The van der Waals surface area contributed by atoms with Gasteiger partial charge in [-0.05, 0) is 54.3 Å². The van der Waals surface area contributed by atoms with Crippen molar-refractivity contribution in [3.8, 4) is 34.3 Å². The largest absolute Gasteiger partial charge is 0.508 e. The highest BCUT2D eigenvalue weighted by Crippen LogP contribution is 2.39. The zero-order valence-electron chi connectivity index (χ0n) is 19.4. The maximum Gasteiger partial charge on any atom is 0.246 e. The minimum Gasteiger partial charge on any atom is -0.508 e. The average molecular weight is 485 g/mol. The number of aromatic hydroxyl groups is 1. The SMILES string of the molecule is O=C(/C=C/c1ccc(O)cc1)N1CCC[C@@H](Oc2ncnc3[nH]cc(-c4ccc5c(c4)OCO5)c23)C1. The number of likely N-dealkylation sites (tertiary alicyclic amines) is 1. The molecule has 36 heavy (non-hydrogen) atoms. The lowest BCUT2D eigenvalue weighted by Gasteiger charge is -2.32. The Balaban J connectivity index is 1.21. The number of amides is 1. The van der Waals surface area contributed by atoms with Gasteiger partial charge in [0.25, 0.3) is 0 Å². The number of H-pyrrole nitrogens is 1. The van der Waals surface area contributed by atoms with E-state index in [-0.39, 0.29) is 24.6 Å². The number of piperidine rings is 1. The molecule has 1 saturated heterocycles. The number of hydrogen-bond donors (Lipinski definition) is 2. The number of aromatic nitrogens is 3. The van der Waals surface area contributed by atoms with Crippen LogP contribution in [-0.4, -0.2) is 56.9 Å². The van der Waals surface area contributed by atoms with Gasteiger partial charge in [-0.25, -0.2) is 9.97 Å². The number of nitrogens with zero attached hydrogens (tertiary/aromatic N) is 3. The minimum atomic E-state index is -0.192. The molecule has 2 aliphatic rings. The van der Waals surface area contributed by atoms with Crippen molar-refractivity contribution in [2.24, 2.45) is 0 Å². The van der Waals surface area contributed by atoms with Crippen LogP contribution < -0.4 is 14.2 Å². The van der Waals surface area contributed by atoms with Crippen LogP contribution in [0, 0.1) is 0 Å². The van der Waals surface area contributed by atoms with E-state index in [0.717, 1.165) is 40.7 Å². The standard InChI is InChI=1S/C27H24N4O5/c32-19-7-3-17(4-8-19)5-10-24(33)31-11-1-2-20(14-31)36-27-25-21(13-28-26(25)29-15-30-27)18-6-9-22-23(12-18)35-16-34-22/h3-10,12-13,15,20,32H,1-2,11,14,16H2,(H,28,29,30)/b10-5+/t20-/m1/s1. The first-order valence-electron chi connectivity index (χ1n) is 11.8. The summed E-state index contributed by atoms with van der Waals surface area (Å²) in [6.07, 6.45) is 8.13. The molecule has 9 heteroatoms. The molecule has 2 aromatic carbocycles. The summed E-state index contributed by atoms with van der Waals surface area (Å²) in [7, 11) is 0. The molecule has 0 unspecified atom stereocenters. The van der Waals surface area contributed by atoms with Crippen molar-refractivity contribution in [2.45, 2.75) is 18.9 Å². The Kier molecular flexibility index (Phi) is 5.65. The highest BCUT2D eigenvalue weighted by molar-refractivity contribution is 5.97. The summed E-state index contributed by atoms with van der Waals surface area (Å²) >= 11 is 0. The smallest absolute Gasteiger partial charge is 0.246 e. The van der Waals surface area contributed by atoms with E-state index in [9.17, 15) is 9.90 Å². The van der Waals surface area contributed by atoms with Crippen LogP contribution in [-0.2, 0) is 4.79 Å². The van der Waals surface area contributed by atoms with Gasteiger partial charge in [-0.2, -0.15) is 0 Å². The average Bonchev–Trinajstić information content (AvgIpc) is 3.55. The lowest BCUT2D eigenvalue weighted by molar-refractivity contribution is -0.128. The molecule has 0 aliphatic carbocycles. The predicted octanol–water partition coefficient (Wildman–Crippen LogP) is 4.14. The van der Waals surface area contributed by atoms with E-state index in [1.165, 1.54) is 6.33 Å².